The van der Waals surface area contributed by atoms with E-state index >= 15 is 0 Å². The Hall–Kier alpha value is -2.83. The first-order chi connectivity index (χ1) is 14.2. The summed E-state index contributed by atoms with van der Waals surface area (Å²) < 4.78 is 61.2. The van der Waals surface area contributed by atoms with Gasteiger partial charge in [-0.1, -0.05) is 49.6 Å². The molecule has 0 radical (unpaired) electrons. The molecule has 0 aromatic heterocycles. The highest BCUT2D eigenvalue weighted by Gasteiger charge is 2.65. The molecule has 4 rings (SSSR count). The molecule has 2 aliphatic rings. The number of ether oxygens (including phenoxy) is 2. The molecule has 0 unspecified atom stereocenters. The molecule has 30 heavy (non-hydrogen) atoms. The van der Waals surface area contributed by atoms with Crippen LogP contribution in [-0.4, -0.2) is 18.0 Å². The molecular weight excluding hydrogens is 400 g/mol. The van der Waals surface area contributed by atoms with Gasteiger partial charge in [-0.3, -0.25) is 4.79 Å². The van der Waals surface area contributed by atoms with Crippen LogP contribution in [0.4, 0.5) is 17.6 Å². The molecule has 7 heteroatoms. The zero-order valence-electron chi connectivity index (χ0n) is 16.0. The molecule has 1 aliphatic carbocycles. The molecule has 3 nitrogen and oxygen atoms in total. The van der Waals surface area contributed by atoms with Crippen molar-refractivity contribution < 1.29 is 31.8 Å². The molecule has 1 aliphatic heterocycles. The van der Waals surface area contributed by atoms with Gasteiger partial charge >= 0.3 is 12.2 Å². The second kappa shape index (κ2) is 7.78. The molecule has 0 N–H and O–H groups in total. The average molecular weight is 420 g/mol. The van der Waals surface area contributed by atoms with Crippen LogP contribution >= 0.6 is 0 Å². The predicted octanol–water partition coefficient (Wildman–Crippen LogP) is 6.59. The third kappa shape index (κ3) is 4.06. The van der Waals surface area contributed by atoms with Gasteiger partial charge in [0, 0.05) is 5.56 Å². The van der Waals surface area contributed by atoms with Crippen molar-refractivity contribution in [3.05, 3.63) is 65.2 Å². The molecule has 0 saturated heterocycles. The first-order valence-electron chi connectivity index (χ1n) is 9.85. The molecule has 0 atom stereocenters. The quantitative estimate of drug-likeness (QED) is 0.318. The maximum atomic E-state index is 13.3. The standard InChI is InChI=1S/C23H20F4O3/c24-22(25)23(26,27)30-21-14-18(11-13-20(21)29-22)19(28)12-8-15-6-9-17(10-7-15)16-4-2-1-3-5-16/h6-14,16H,1-5H2. The van der Waals surface area contributed by atoms with Crippen molar-refractivity contribution in [1.82, 2.24) is 0 Å². The number of halogens is 4. The Labute approximate surface area is 171 Å². The molecule has 2 aromatic carbocycles. The van der Waals surface area contributed by atoms with Gasteiger partial charge in [-0.25, -0.2) is 0 Å². The van der Waals surface area contributed by atoms with Gasteiger partial charge in [0.1, 0.15) is 0 Å². The minimum atomic E-state index is -4.82. The van der Waals surface area contributed by atoms with Gasteiger partial charge in [0.25, 0.3) is 0 Å². The highest BCUT2D eigenvalue weighted by Crippen LogP contribution is 2.47. The van der Waals surface area contributed by atoms with Crippen LogP contribution in [0.5, 0.6) is 11.5 Å². The van der Waals surface area contributed by atoms with Crippen LogP contribution in [0.25, 0.3) is 6.08 Å². The van der Waals surface area contributed by atoms with Gasteiger partial charge in [-0.2, -0.15) is 17.6 Å². The van der Waals surface area contributed by atoms with Crippen molar-refractivity contribution in [2.75, 3.05) is 0 Å². The van der Waals surface area contributed by atoms with E-state index in [9.17, 15) is 22.4 Å². The lowest BCUT2D eigenvalue weighted by atomic mass is 9.84. The third-order valence-corrected chi connectivity index (χ3v) is 5.48. The summed E-state index contributed by atoms with van der Waals surface area (Å²) in [5.74, 6) is -1.05. The molecule has 0 bridgehead atoms. The molecule has 2 aromatic rings. The van der Waals surface area contributed by atoms with Crippen molar-refractivity contribution in [3.63, 3.8) is 0 Å². The average Bonchev–Trinajstić information content (AvgIpc) is 2.73. The van der Waals surface area contributed by atoms with E-state index in [1.54, 1.807) is 6.08 Å². The Bertz CT molecular complexity index is 961. The van der Waals surface area contributed by atoms with Gasteiger partial charge in [0.15, 0.2) is 17.3 Å². The maximum Gasteiger partial charge on any atom is 0.507 e. The van der Waals surface area contributed by atoms with E-state index in [0.29, 0.717) is 5.92 Å². The van der Waals surface area contributed by atoms with Crippen LogP contribution in [0.15, 0.2) is 48.5 Å². The Morgan fingerprint density at radius 2 is 1.50 bits per heavy atom. The Balaban J connectivity index is 1.46. The second-order valence-electron chi connectivity index (χ2n) is 7.60. The fraction of sp³-hybridized carbons (Fsp3) is 0.348. The number of carbonyl (C=O) groups is 1. The van der Waals surface area contributed by atoms with Crippen LogP contribution < -0.4 is 9.47 Å². The van der Waals surface area contributed by atoms with E-state index in [4.69, 9.17) is 0 Å². The number of allylic oxidation sites excluding steroid dienone is 1. The first kappa shape index (κ1) is 20.4. The molecule has 1 fully saturated rings. The van der Waals surface area contributed by atoms with Crippen LogP contribution in [0, 0.1) is 0 Å². The van der Waals surface area contributed by atoms with E-state index < -0.39 is 29.5 Å². The maximum absolute atomic E-state index is 13.3. The molecule has 158 valence electrons. The zero-order chi connectivity index (χ0) is 21.4. The Morgan fingerprint density at radius 1 is 0.867 bits per heavy atom. The number of fused-ring (bicyclic) bond motifs is 1. The van der Waals surface area contributed by atoms with Crippen LogP contribution in [-0.2, 0) is 0 Å². The monoisotopic (exact) mass is 420 g/mol. The van der Waals surface area contributed by atoms with Crippen molar-refractivity contribution in [1.29, 1.82) is 0 Å². The van der Waals surface area contributed by atoms with Crippen molar-refractivity contribution in [3.8, 4) is 11.5 Å². The van der Waals surface area contributed by atoms with E-state index in [1.165, 1.54) is 49.8 Å². The third-order valence-electron chi connectivity index (χ3n) is 5.48. The lowest BCUT2D eigenvalue weighted by molar-refractivity contribution is -0.391. The van der Waals surface area contributed by atoms with Gasteiger partial charge in [-0.15, -0.1) is 0 Å². The van der Waals surface area contributed by atoms with E-state index in [-0.39, 0.29) is 5.56 Å². The van der Waals surface area contributed by atoms with Gasteiger partial charge in [0.2, 0.25) is 0 Å². The molecule has 0 amide bonds. The van der Waals surface area contributed by atoms with E-state index in [2.05, 4.69) is 21.6 Å². The topological polar surface area (TPSA) is 35.5 Å². The van der Waals surface area contributed by atoms with Crippen LogP contribution in [0.2, 0.25) is 0 Å². The van der Waals surface area contributed by atoms with Crippen LogP contribution in [0.3, 0.4) is 0 Å². The summed E-state index contributed by atoms with van der Waals surface area (Å²) in [6.45, 7) is 0. The molecule has 1 heterocycles. The minimum absolute atomic E-state index is 0.0217. The molecular formula is C23H20F4O3. The number of benzene rings is 2. The van der Waals surface area contributed by atoms with E-state index in [1.807, 2.05) is 12.1 Å². The van der Waals surface area contributed by atoms with Crippen molar-refractivity contribution in [2.24, 2.45) is 0 Å². The number of hydrogen-bond donors (Lipinski definition) is 0. The largest absolute Gasteiger partial charge is 0.507 e. The number of alkyl halides is 4. The summed E-state index contributed by atoms with van der Waals surface area (Å²) in [4.78, 5) is 12.4. The highest BCUT2D eigenvalue weighted by molar-refractivity contribution is 6.07. The summed E-state index contributed by atoms with van der Waals surface area (Å²) in [5.41, 5.74) is 2.14. The number of rotatable bonds is 4. The van der Waals surface area contributed by atoms with Gasteiger partial charge < -0.3 is 9.47 Å². The summed E-state index contributed by atoms with van der Waals surface area (Å²) in [6, 6.07) is 11.2. The van der Waals surface area contributed by atoms with E-state index in [0.717, 1.165) is 17.7 Å². The SMILES string of the molecule is O=C(C=Cc1ccc(C2CCCCC2)cc1)c1ccc2c(c1)OC(F)(F)C(F)(F)O2. The Morgan fingerprint density at radius 3 is 2.17 bits per heavy atom. The van der Waals surface area contributed by atoms with Gasteiger partial charge in [0.05, 0.1) is 0 Å². The second-order valence-corrected chi connectivity index (χ2v) is 7.60. The number of carbonyl (C=O) groups excluding carboxylic acids is 1. The molecule has 1 saturated carbocycles. The summed E-state index contributed by atoms with van der Waals surface area (Å²) >= 11 is 0. The smallest absolute Gasteiger partial charge is 0.421 e. The fourth-order valence-electron chi connectivity index (χ4n) is 3.80. The summed E-state index contributed by atoms with van der Waals surface area (Å²) in [6.07, 6.45) is -0.502. The fourth-order valence-corrected chi connectivity index (χ4v) is 3.80. The van der Waals surface area contributed by atoms with Crippen molar-refractivity contribution >= 4 is 11.9 Å². The number of ketones is 1. The Kier molecular flexibility index (Phi) is 5.30. The van der Waals surface area contributed by atoms with Crippen molar-refractivity contribution in [2.45, 2.75) is 50.2 Å². The summed E-state index contributed by atoms with van der Waals surface area (Å²) in [7, 11) is 0. The highest BCUT2D eigenvalue weighted by atomic mass is 19.3. The summed E-state index contributed by atoms with van der Waals surface area (Å²) in [5, 5.41) is 0. The predicted molar refractivity (Wildman–Crippen MR) is 103 cm³/mol. The number of hydrogen-bond acceptors (Lipinski definition) is 3. The lowest BCUT2D eigenvalue weighted by Crippen LogP contribution is -2.52. The zero-order valence-corrected chi connectivity index (χ0v) is 16.0. The van der Waals surface area contributed by atoms with Crippen LogP contribution in [0.1, 0.15) is 59.5 Å². The minimum Gasteiger partial charge on any atom is -0.421 e. The molecule has 0 spiro atoms. The first-order valence-corrected chi connectivity index (χ1v) is 9.85. The lowest BCUT2D eigenvalue weighted by Gasteiger charge is -2.31. The normalized spacial score (nSPS) is 20.3. The van der Waals surface area contributed by atoms with Gasteiger partial charge in [-0.05, 0) is 54.2 Å².